The van der Waals surface area contributed by atoms with Crippen molar-refractivity contribution in [3.8, 4) is 6.07 Å². The molecule has 0 aromatic heterocycles. The number of carbonyl (C=O) groups excluding carboxylic acids is 1. The van der Waals surface area contributed by atoms with Crippen molar-refractivity contribution in [3.63, 3.8) is 0 Å². The van der Waals surface area contributed by atoms with Crippen molar-refractivity contribution in [1.82, 2.24) is 10.2 Å². The van der Waals surface area contributed by atoms with E-state index < -0.39 is 29.5 Å². The molecule has 112 valence electrons. The summed E-state index contributed by atoms with van der Waals surface area (Å²) in [6, 6.07) is 5.61. The zero-order valence-electron chi connectivity index (χ0n) is 11.8. The predicted molar refractivity (Wildman–Crippen MR) is 73.3 cm³/mol. The number of nitrogens with one attached hydrogen (secondary N) is 1. The van der Waals surface area contributed by atoms with Crippen molar-refractivity contribution in [2.45, 2.75) is 24.8 Å². The minimum Gasteiger partial charge on any atom is -0.337 e. The summed E-state index contributed by atoms with van der Waals surface area (Å²) in [6.45, 7) is 1.39. The van der Waals surface area contributed by atoms with E-state index in [1.54, 1.807) is 0 Å². The van der Waals surface area contributed by atoms with Gasteiger partial charge in [0.25, 0.3) is 0 Å². The monoisotopic (exact) mass is 293 g/mol. The predicted octanol–water partition coefficient (Wildman–Crippen LogP) is 1.61. The maximum atomic E-state index is 13.5. The second-order valence-electron chi connectivity index (χ2n) is 5.42. The average Bonchev–Trinajstić information content (AvgIpc) is 2.46. The third kappa shape index (κ3) is 3.56. The van der Waals surface area contributed by atoms with Crippen LogP contribution in [0.2, 0.25) is 0 Å². The van der Waals surface area contributed by atoms with Gasteiger partial charge in [-0.15, -0.1) is 0 Å². The molecule has 1 aliphatic rings. The Morgan fingerprint density at radius 3 is 2.48 bits per heavy atom. The lowest BCUT2D eigenvalue weighted by Gasteiger charge is -2.36. The summed E-state index contributed by atoms with van der Waals surface area (Å²) in [5, 5.41) is 12.0. The van der Waals surface area contributed by atoms with Crippen LogP contribution in [0.4, 0.5) is 8.78 Å². The number of likely N-dealkylation sites (tertiary alicyclic amines) is 1. The van der Waals surface area contributed by atoms with Gasteiger partial charge >= 0.3 is 0 Å². The van der Waals surface area contributed by atoms with E-state index >= 15 is 0 Å². The highest BCUT2D eigenvalue weighted by molar-refractivity contribution is 5.80. The second-order valence-corrected chi connectivity index (χ2v) is 5.42. The molecule has 1 N–H and O–H groups in total. The lowest BCUT2D eigenvalue weighted by molar-refractivity contribution is -0.122. The van der Waals surface area contributed by atoms with Crippen LogP contribution in [0.3, 0.4) is 0 Å². The molecule has 0 unspecified atom stereocenters. The number of hydrogen-bond acceptors (Lipinski definition) is 3. The first-order valence-corrected chi connectivity index (χ1v) is 6.79. The Labute approximate surface area is 122 Å². The quantitative estimate of drug-likeness (QED) is 0.921. The summed E-state index contributed by atoms with van der Waals surface area (Å²) in [7, 11) is 1.94. The molecule has 21 heavy (non-hydrogen) atoms. The first-order chi connectivity index (χ1) is 9.96. The van der Waals surface area contributed by atoms with Gasteiger partial charge in [0, 0.05) is 18.7 Å². The average molecular weight is 293 g/mol. The molecule has 1 amide bonds. The lowest BCUT2D eigenvalue weighted by atomic mass is 9.89. The maximum absolute atomic E-state index is 13.5. The largest absolute Gasteiger partial charge is 0.337 e. The molecule has 1 aliphatic heterocycles. The summed E-state index contributed by atoms with van der Waals surface area (Å²) >= 11 is 0. The number of halogens is 2. The summed E-state index contributed by atoms with van der Waals surface area (Å²) in [5.74, 6) is -2.04. The smallest absolute Gasteiger partial charge is 0.225 e. The van der Waals surface area contributed by atoms with E-state index in [0.29, 0.717) is 25.9 Å². The first-order valence-electron chi connectivity index (χ1n) is 6.79. The first kappa shape index (κ1) is 15.4. The van der Waals surface area contributed by atoms with Gasteiger partial charge in [-0.3, -0.25) is 4.79 Å². The van der Waals surface area contributed by atoms with Gasteiger partial charge in [-0.1, -0.05) is 6.07 Å². The third-order valence-corrected chi connectivity index (χ3v) is 3.83. The normalized spacial score (nSPS) is 18.0. The van der Waals surface area contributed by atoms with Crippen LogP contribution in [0.5, 0.6) is 0 Å². The number of rotatable bonds is 3. The van der Waals surface area contributed by atoms with Crippen LogP contribution in [0.1, 0.15) is 18.4 Å². The fourth-order valence-electron chi connectivity index (χ4n) is 2.44. The minimum atomic E-state index is -0.939. The van der Waals surface area contributed by atoms with E-state index in [0.717, 1.165) is 12.1 Å². The van der Waals surface area contributed by atoms with Crippen molar-refractivity contribution >= 4 is 5.91 Å². The third-order valence-electron chi connectivity index (χ3n) is 3.83. The Morgan fingerprint density at radius 1 is 1.38 bits per heavy atom. The van der Waals surface area contributed by atoms with Gasteiger partial charge in [0.2, 0.25) is 5.91 Å². The van der Waals surface area contributed by atoms with Gasteiger partial charge in [-0.25, -0.2) is 8.78 Å². The van der Waals surface area contributed by atoms with E-state index in [2.05, 4.69) is 16.3 Å². The Kier molecular flexibility index (Phi) is 4.53. The topological polar surface area (TPSA) is 56.1 Å². The van der Waals surface area contributed by atoms with Crippen LogP contribution < -0.4 is 5.32 Å². The fraction of sp³-hybridized carbons (Fsp3) is 0.467. The van der Waals surface area contributed by atoms with E-state index in [9.17, 15) is 18.8 Å². The Morgan fingerprint density at radius 2 is 1.95 bits per heavy atom. The molecule has 1 aromatic rings. The summed E-state index contributed by atoms with van der Waals surface area (Å²) in [4.78, 5) is 14.1. The van der Waals surface area contributed by atoms with Crippen LogP contribution in [-0.2, 0) is 11.2 Å². The van der Waals surface area contributed by atoms with Gasteiger partial charge < -0.3 is 10.2 Å². The zero-order chi connectivity index (χ0) is 15.5. The van der Waals surface area contributed by atoms with E-state index in [4.69, 9.17) is 0 Å². The zero-order valence-corrected chi connectivity index (χ0v) is 11.8. The SMILES string of the molecule is CN1CCC(C#N)(NC(=O)Cc2c(F)cccc2F)CC1. The highest BCUT2D eigenvalue weighted by atomic mass is 19.1. The van der Waals surface area contributed by atoms with Gasteiger partial charge in [0.05, 0.1) is 12.5 Å². The number of carbonyl (C=O) groups is 1. The molecule has 0 atom stereocenters. The Hall–Kier alpha value is -2.00. The number of nitrogens with zero attached hydrogens (tertiary/aromatic N) is 2. The van der Waals surface area contributed by atoms with Crippen molar-refractivity contribution in [3.05, 3.63) is 35.4 Å². The van der Waals surface area contributed by atoms with Gasteiger partial charge in [-0.05, 0) is 32.0 Å². The summed E-state index contributed by atoms with van der Waals surface area (Å²) in [5.41, 5.74) is -1.21. The molecule has 0 saturated carbocycles. The van der Waals surface area contributed by atoms with E-state index in [1.165, 1.54) is 6.07 Å². The maximum Gasteiger partial charge on any atom is 0.225 e. The van der Waals surface area contributed by atoms with Crippen LogP contribution in [0, 0.1) is 23.0 Å². The molecule has 0 bridgehead atoms. The Bertz CT molecular complexity index is 555. The van der Waals surface area contributed by atoms with Gasteiger partial charge in [0.1, 0.15) is 17.2 Å². The van der Waals surface area contributed by atoms with Crippen LogP contribution in [-0.4, -0.2) is 36.5 Å². The van der Waals surface area contributed by atoms with Crippen LogP contribution in [0.25, 0.3) is 0 Å². The van der Waals surface area contributed by atoms with Crippen molar-refractivity contribution < 1.29 is 13.6 Å². The lowest BCUT2D eigenvalue weighted by Crippen LogP contribution is -2.54. The number of nitriles is 1. The molecule has 1 aromatic carbocycles. The number of piperidine rings is 1. The molecule has 1 fully saturated rings. The number of amides is 1. The van der Waals surface area contributed by atoms with Crippen LogP contribution >= 0.6 is 0 Å². The van der Waals surface area contributed by atoms with Crippen LogP contribution in [0.15, 0.2) is 18.2 Å². The molecule has 1 saturated heterocycles. The van der Waals surface area contributed by atoms with Crippen molar-refractivity contribution in [2.24, 2.45) is 0 Å². The summed E-state index contributed by atoms with van der Waals surface area (Å²) in [6.07, 6.45) is 0.606. The van der Waals surface area contributed by atoms with Crippen molar-refractivity contribution in [1.29, 1.82) is 5.26 Å². The second kappa shape index (κ2) is 6.19. The molecule has 0 spiro atoms. The molecular formula is C15H17F2N3O. The fourth-order valence-corrected chi connectivity index (χ4v) is 2.44. The molecule has 4 nitrogen and oxygen atoms in total. The highest BCUT2D eigenvalue weighted by Gasteiger charge is 2.35. The number of benzene rings is 1. The molecule has 0 aliphatic carbocycles. The standard InChI is InChI=1S/C15H17F2N3O/c1-20-7-5-15(10-18,6-8-20)19-14(21)9-11-12(16)3-2-4-13(11)17/h2-4H,5-9H2,1H3,(H,19,21). The van der Waals surface area contributed by atoms with E-state index in [-0.39, 0.29) is 5.56 Å². The van der Waals surface area contributed by atoms with Gasteiger partial charge in [0.15, 0.2) is 0 Å². The molecule has 6 heteroatoms. The summed E-state index contributed by atoms with van der Waals surface area (Å²) < 4.78 is 27.1. The number of hydrogen-bond donors (Lipinski definition) is 1. The highest BCUT2D eigenvalue weighted by Crippen LogP contribution is 2.21. The minimum absolute atomic E-state index is 0.268. The Balaban J connectivity index is 2.06. The molecular weight excluding hydrogens is 276 g/mol. The molecule has 0 radical (unpaired) electrons. The van der Waals surface area contributed by atoms with Gasteiger partial charge in [-0.2, -0.15) is 5.26 Å². The van der Waals surface area contributed by atoms with Crippen molar-refractivity contribution in [2.75, 3.05) is 20.1 Å². The van der Waals surface area contributed by atoms with E-state index in [1.807, 2.05) is 7.05 Å². The molecule has 2 rings (SSSR count). The molecule has 1 heterocycles.